The molecule has 2 heteroatoms. The van der Waals surface area contributed by atoms with E-state index >= 15 is 0 Å². The molecule has 2 rings (SSSR count). The van der Waals surface area contributed by atoms with Crippen molar-refractivity contribution in [2.45, 2.75) is 60.3 Å². The molecule has 0 aliphatic rings. The summed E-state index contributed by atoms with van der Waals surface area (Å²) in [6.45, 7) is 14.8. The van der Waals surface area contributed by atoms with Crippen LogP contribution in [0.25, 0.3) is 0 Å². The molecule has 124 valence electrons. The SMILES string of the molecule is CCc1cc(C(C)(C)C)cc(Oc2cc(C)c(C)c(C)c2)c1O. The van der Waals surface area contributed by atoms with Gasteiger partial charge in [0.2, 0.25) is 0 Å². The van der Waals surface area contributed by atoms with Crippen molar-refractivity contribution in [3.05, 3.63) is 52.1 Å². The predicted molar refractivity (Wildman–Crippen MR) is 96.9 cm³/mol. The first kappa shape index (κ1) is 17.4. The summed E-state index contributed by atoms with van der Waals surface area (Å²) < 4.78 is 6.05. The maximum absolute atomic E-state index is 10.5. The number of rotatable bonds is 3. The van der Waals surface area contributed by atoms with Crippen LogP contribution in [0.1, 0.15) is 55.5 Å². The lowest BCUT2D eigenvalue weighted by Gasteiger charge is -2.22. The fraction of sp³-hybridized carbons (Fsp3) is 0.429. The first-order valence-electron chi connectivity index (χ1n) is 8.25. The monoisotopic (exact) mass is 312 g/mol. The maximum atomic E-state index is 10.5. The quantitative estimate of drug-likeness (QED) is 0.756. The normalized spacial score (nSPS) is 11.6. The first-order chi connectivity index (χ1) is 10.6. The summed E-state index contributed by atoms with van der Waals surface area (Å²) >= 11 is 0. The Labute approximate surface area is 140 Å². The van der Waals surface area contributed by atoms with Crippen molar-refractivity contribution >= 4 is 0 Å². The van der Waals surface area contributed by atoms with Gasteiger partial charge in [-0.25, -0.2) is 0 Å². The number of aryl methyl sites for hydroxylation is 3. The molecule has 0 atom stereocenters. The highest BCUT2D eigenvalue weighted by molar-refractivity contribution is 5.52. The van der Waals surface area contributed by atoms with Gasteiger partial charge in [-0.15, -0.1) is 0 Å². The van der Waals surface area contributed by atoms with Crippen molar-refractivity contribution in [3.8, 4) is 17.2 Å². The Morgan fingerprint density at radius 1 is 0.957 bits per heavy atom. The summed E-state index contributed by atoms with van der Waals surface area (Å²) in [6, 6.07) is 8.08. The van der Waals surface area contributed by atoms with E-state index in [0.717, 1.165) is 17.7 Å². The fourth-order valence-electron chi connectivity index (χ4n) is 2.63. The molecule has 0 unspecified atom stereocenters. The second-order valence-corrected chi connectivity index (χ2v) is 7.37. The smallest absolute Gasteiger partial charge is 0.169 e. The molecule has 2 aromatic rings. The molecule has 0 saturated heterocycles. The molecular weight excluding hydrogens is 284 g/mol. The highest BCUT2D eigenvalue weighted by Crippen LogP contribution is 2.39. The third kappa shape index (κ3) is 3.69. The number of ether oxygens (including phenoxy) is 1. The molecule has 0 saturated carbocycles. The number of aromatic hydroxyl groups is 1. The third-order valence-corrected chi connectivity index (χ3v) is 4.53. The highest BCUT2D eigenvalue weighted by atomic mass is 16.5. The minimum absolute atomic E-state index is 0.00877. The van der Waals surface area contributed by atoms with Crippen LogP contribution >= 0.6 is 0 Å². The zero-order valence-electron chi connectivity index (χ0n) is 15.4. The maximum Gasteiger partial charge on any atom is 0.169 e. The zero-order chi connectivity index (χ0) is 17.4. The Kier molecular flexibility index (Phi) is 4.74. The highest BCUT2D eigenvalue weighted by Gasteiger charge is 2.19. The van der Waals surface area contributed by atoms with Crippen LogP contribution in [-0.2, 0) is 11.8 Å². The van der Waals surface area contributed by atoms with E-state index in [1.54, 1.807) is 0 Å². The van der Waals surface area contributed by atoms with E-state index < -0.39 is 0 Å². The largest absolute Gasteiger partial charge is 0.504 e. The summed E-state index contributed by atoms with van der Waals surface area (Å²) in [5.41, 5.74) is 5.77. The van der Waals surface area contributed by atoms with Crippen molar-refractivity contribution in [2.75, 3.05) is 0 Å². The van der Waals surface area contributed by atoms with E-state index in [1.807, 2.05) is 25.1 Å². The van der Waals surface area contributed by atoms with Gasteiger partial charge < -0.3 is 9.84 Å². The molecular formula is C21H28O2. The molecule has 0 radical (unpaired) electrons. The van der Waals surface area contributed by atoms with E-state index in [9.17, 15) is 5.11 Å². The molecule has 0 aromatic heterocycles. The van der Waals surface area contributed by atoms with Crippen molar-refractivity contribution in [3.63, 3.8) is 0 Å². The topological polar surface area (TPSA) is 29.5 Å². The van der Waals surface area contributed by atoms with E-state index in [2.05, 4.69) is 47.6 Å². The van der Waals surface area contributed by atoms with Crippen molar-refractivity contribution < 1.29 is 9.84 Å². The number of benzene rings is 2. The molecule has 0 aliphatic carbocycles. The van der Waals surface area contributed by atoms with Gasteiger partial charge in [-0.3, -0.25) is 0 Å². The Bertz CT molecular complexity index is 698. The van der Waals surface area contributed by atoms with E-state index in [-0.39, 0.29) is 11.2 Å². The average Bonchev–Trinajstić information content (AvgIpc) is 2.45. The third-order valence-electron chi connectivity index (χ3n) is 4.53. The summed E-state index contributed by atoms with van der Waals surface area (Å²) in [4.78, 5) is 0. The van der Waals surface area contributed by atoms with E-state index in [1.165, 1.54) is 22.3 Å². The van der Waals surface area contributed by atoms with Gasteiger partial charge in [0.05, 0.1) is 0 Å². The van der Waals surface area contributed by atoms with Crippen LogP contribution in [0.3, 0.4) is 0 Å². The van der Waals surface area contributed by atoms with E-state index in [4.69, 9.17) is 4.74 Å². The van der Waals surface area contributed by atoms with Crippen LogP contribution in [0.2, 0.25) is 0 Å². The Hall–Kier alpha value is -1.96. The summed E-state index contributed by atoms with van der Waals surface area (Å²) in [5.74, 6) is 1.56. The minimum atomic E-state index is 0.00877. The van der Waals surface area contributed by atoms with Gasteiger partial charge in [0, 0.05) is 0 Å². The molecule has 0 bridgehead atoms. The summed E-state index contributed by atoms with van der Waals surface area (Å²) in [6.07, 6.45) is 0.776. The molecule has 2 aromatic carbocycles. The number of hydrogen-bond acceptors (Lipinski definition) is 2. The van der Waals surface area contributed by atoms with Crippen molar-refractivity contribution in [2.24, 2.45) is 0 Å². The van der Waals surface area contributed by atoms with Crippen molar-refractivity contribution in [1.29, 1.82) is 0 Å². The lowest BCUT2D eigenvalue weighted by molar-refractivity contribution is 0.404. The van der Waals surface area contributed by atoms with Crippen LogP contribution in [-0.4, -0.2) is 5.11 Å². The van der Waals surface area contributed by atoms with Gasteiger partial charge in [-0.05, 0) is 78.6 Å². The second-order valence-electron chi connectivity index (χ2n) is 7.37. The predicted octanol–water partition coefficient (Wildman–Crippen LogP) is 5.97. The van der Waals surface area contributed by atoms with Crippen LogP contribution in [0.4, 0.5) is 0 Å². The Balaban J connectivity index is 2.51. The molecule has 0 spiro atoms. The Morgan fingerprint density at radius 3 is 2.00 bits per heavy atom. The van der Waals surface area contributed by atoms with Crippen LogP contribution in [0.15, 0.2) is 24.3 Å². The molecule has 1 N–H and O–H groups in total. The minimum Gasteiger partial charge on any atom is -0.504 e. The average molecular weight is 312 g/mol. The van der Waals surface area contributed by atoms with Gasteiger partial charge in [0.15, 0.2) is 11.5 Å². The lowest BCUT2D eigenvalue weighted by Crippen LogP contribution is -2.11. The number of phenols is 1. The van der Waals surface area contributed by atoms with Gasteiger partial charge in [0.25, 0.3) is 0 Å². The molecule has 0 aliphatic heterocycles. The standard InChI is InChI=1S/C21H28O2/c1-8-16-11-17(21(5,6)7)12-19(20(16)22)23-18-9-13(2)15(4)14(3)10-18/h9-12,22H,8H2,1-7H3. The molecule has 0 amide bonds. The molecule has 0 fully saturated rings. The first-order valence-corrected chi connectivity index (χ1v) is 8.25. The number of phenolic OH excluding ortho intramolecular Hbond substituents is 1. The van der Waals surface area contributed by atoms with Crippen LogP contribution in [0, 0.1) is 20.8 Å². The number of hydrogen-bond donors (Lipinski definition) is 1. The van der Waals surface area contributed by atoms with Gasteiger partial charge in [-0.1, -0.05) is 33.8 Å². The zero-order valence-corrected chi connectivity index (χ0v) is 15.4. The van der Waals surface area contributed by atoms with Gasteiger partial charge in [0.1, 0.15) is 5.75 Å². The molecule has 2 nitrogen and oxygen atoms in total. The summed E-state index contributed by atoms with van der Waals surface area (Å²) in [5, 5.41) is 10.5. The van der Waals surface area contributed by atoms with Crippen LogP contribution < -0.4 is 4.74 Å². The van der Waals surface area contributed by atoms with Gasteiger partial charge in [-0.2, -0.15) is 0 Å². The van der Waals surface area contributed by atoms with Crippen LogP contribution in [0.5, 0.6) is 17.2 Å². The molecule has 23 heavy (non-hydrogen) atoms. The Morgan fingerprint density at radius 2 is 1.52 bits per heavy atom. The van der Waals surface area contributed by atoms with Crippen molar-refractivity contribution in [1.82, 2.24) is 0 Å². The second kappa shape index (κ2) is 6.27. The molecule has 0 heterocycles. The summed E-state index contributed by atoms with van der Waals surface area (Å²) in [7, 11) is 0. The van der Waals surface area contributed by atoms with E-state index in [0.29, 0.717) is 5.75 Å². The van der Waals surface area contributed by atoms with Gasteiger partial charge >= 0.3 is 0 Å². The fourth-order valence-corrected chi connectivity index (χ4v) is 2.63. The lowest BCUT2D eigenvalue weighted by atomic mass is 9.85.